The number of carbonyl (C=O) groups excluding carboxylic acids is 1. The molecule has 0 aliphatic rings. The topological polar surface area (TPSA) is 55.1 Å². The molecular formula is C14H22ClFN2OS. The standard InChI is InChI=1S/C14H21FN2OS.ClH/c1-11(16)3-8-14(18)17-9-2-10-19-13-6-4-12(15)5-7-13;/h4-7,11H,2-3,8-10,16H2,1H3,(H,17,18);1H. The number of nitrogens with one attached hydrogen (secondary N) is 1. The van der Waals surface area contributed by atoms with Crippen molar-refractivity contribution in [3.8, 4) is 0 Å². The Hall–Kier alpha value is -0.780. The highest BCUT2D eigenvalue weighted by Crippen LogP contribution is 2.18. The Morgan fingerprint density at radius 1 is 1.40 bits per heavy atom. The van der Waals surface area contributed by atoms with E-state index in [1.807, 2.05) is 6.92 Å². The van der Waals surface area contributed by atoms with Crippen LogP contribution >= 0.6 is 24.2 Å². The second-order valence-electron chi connectivity index (χ2n) is 4.52. The molecule has 0 aliphatic carbocycles. The summed E-state index contributed by atoms with van der Waals surface area (Å²) in [4.78, 5) is 12.4. The van der Waals surface area contributed by atoms with Gasteiger partial charge in [-0.05, 0) is 49.8 Å². The highest BCUT2D eigenvalue weighted by molar-refractivity contribution is 7.99. The molecule has 0 aliphatic heterocycles. The minimum atomic E-state index is -0.217. The van der Waals surface area contributed by atoms with Gasteiger partial charge in [0.1, 0.15) is 5.82 Å². The summed E-state index contributed by atoms with van der Waals surface area (Å²) >= 11 is 1.66. The van der Waals surface area contributed by atoms with Gasteiger partial charge in [0.2, 0.25) is 5.91 Å². The Morgan fingerprint density at radius 3 is 2.65 bits per heavy atom. The summed E-state index contributed by atoms with van der Waals surface area (Å²) in [6, 6.07) is 6.51. The molecule has 114 valence electrons. The number of rotatable bonds is 8. The van der Waals surface area contributed by atoms with Crippen molar-refractivity contribution in [1.29, 1.82) is 0 Å². The third-order valence-corrected chi connectivity index (χ3v) is 3.65. The van der Waals surface area contributed by atoms with E-state index in [2.05, 4.69) is 5.32 Å². The smallest absolute Gasteiger partial charge is 0.220 e. The molecule has 1 atom stereocenters. The van der Waals surface area contributed by atoms with Crippen LogP contribution in [-0.4, -0.2) is 24.2 Å². The molecule has 6 heteroatoms. The van der Waals surface area contributed by atoms with Gasteiger partial charge in [0.15, 0.2) is 0 Å². The summed E-state index contributed by atoms with van der Waals surface area (Å²) in [6.07, 6.45) is 2.10. The van der Waals surface area contributed by atoms with Crippen LogP contribution in [0.5, 0.6) is 0 Å². The van der Waals surface area contributed by atoms with E-state index in [0.29, 0.717) is 13.0 Å². The largest absolute Gasteiger partial charge is 0.356 e. The van der Waals surface area contributed by atoms with E-state index >= 15 is 0 Å². The molecule has 20 heavy (non-hydrogen) atoms. The molecule has 0 fully saturated rings. The number of hydrogen-bond donors (Lipinski definition) is 2. The molecule has 1 unspecified atom stereocenters. The summed E-state index contributed by atoms with van der Waals surface area (Å²) in [5.74, 6) is 0.744. The van der Waals surface area contributed by atoms with Gasteiger partial charge < -0.3 is 11.1 Å². The van der Waals surface area contributed by atoms with Gasteiger partial charge in [0.05, 0.1) is 0 Å². The molecule has 0 radical (unpaired) electrons. The summed E-state index contributed by atoms with van der Waals surface area (Å²) in [5, 5.41) is 2.87. The molecule has 0 saturated heterocycles. The van der Waals surface area contributed by atoms with Gasteiger partial charge in [0.25, 0.3) is 0 Å². The van der Waals surface area contributed by atoms with Gasteiger partial charge in [-0.25, -0.2) is 4.39 Å². The van der Waals surface area contributed by atoms with Gasteiger partial charge in [-0.2, -0.15) is 0 Å². The fourth-order valence-electron chi connectivity index (χ4n) is 1.47. The van der Waals surface area contributed by atoms with Crippen molar-refractivity contribution in [2.45, 2.75) is 37.1 Å². The number of amides is 1. The number of benzene rings is 1. The molecule has 1 aromatic rings. The van der Waals surface area contributed by atoms with Crippen molar-refractivity contribution in [2.75, 3.05) is 12.3 Å². The maximum Gasteiger partial charge on any atom is 0.220 e. The van der Waals surface area contributed by atoms with Crippen LogP contribution in [0, 0.1) is 5.82 Å². The van der Waals surface area contributed by atoms with Gasteiger partial charge in [-0.15, -0.1) is 24.2 Å². The Balaban J connectivity index is 0.00000361. The first kappa shape index (κ1) is 19.2. The van der Waals surface area contributed by atoms with Crippen molar-refractivity contribution in [2.24, 2.45) is 5.73 Å². The lowest BCUT2D eigenvalue weighted by molar-refractivity contribution is -0.121. The molecule has 0 aromatic heterocycles. The lowest BCUT2D eigenvalue weighted by atomic mass is 10.2. The normalized spacial score (nSPS) is 11.6. The maximum atomic E-state index is 12.7. The Bertz CT molecular complexity index is 387. The van der Waals surface area contributed by atoms with Gasteiger partial charge in [-0.3, -0.25) is 4.79 Å². The SMILES string of the molecule is CC(N)CCC(=O)NCCCSc1ccc(F)cc1.Cl. The van der Waals surface area contributed by atoms with Gasteiger partial charge in [-0.1, -0.05) is 0 Å². The summed E-state index contributed by atoms with van der Waals surface area (Å²) in [6.45, 7) is 2.57. The predicted molar refractivity (Wildman–Crippen MR) is 84.9 cm³/mol. The molecule has 3 N–H and O–H groups in total. The van der Waals surface area contributed by atoms with E-state index in [-0.39, 0.29) is 30.2 Å². The molecule has 0 heterocycles. The van der Waals surface area contributed by atoms with Crippen LogP contribution in [0.25, 0.3) is 0 Å². The number of carbonyl (C=O) groups is 1. The highest BCUT2D eigenvalue weighted by atomic mass is 35.5. The predicted octanol–water partition coefficient (Wildman–Crippen LogP) is 2.97. The van der Waals surface area contributed by atoms with Crippen molar-refractivity contribution >= 4 is 30.1 Å². The van der Waals surface area contributed by atoms with Crippen molar-refractivity contribution < 1.29 is 9.18 Å². The van der Waals surface area contributed by atoms with Crippen molar-refractivity contribution in [1.82, 2.24) is 5.32 Å². The number of hydrogen-bond acceptors (Lipinski definition) is 3. The third kappa shape index (κ3) is 9.18. The van der Waals surface area contributed by atoms with E-state index < -0.39 is 0 Å². The van der Waals surface area contributed by atoms with Crippen LogP contribution in [0.3, 0.4) is 0 Å². The average Bonchev–Trinajstić information content (AvgIpc) is 2.38. The average molecular weight is 321 g/mol. The van der Waals surface area contributed by atoms with Crippen molar-refractivity contribution in [3.63, 3.8) is 0 Å². The molecule has 1 rings (SSSR count). The maximum absolute atomic E-state index is 12.7. The number of halogens is 2. The molecule has 0 bridgehead atoms. The minimum Gasteiger partial charge on any atom is -0.356 e. The fourth-order valence-corrected chi connectivity index (χ4v) is 2.32. The van der Waals surface area contributed by atoms with Gasteiger partial charge >= 0.3 is 0 Å². The van der Waals surface area contributed by atoms with E-state index in [4.69, 9.17) is 5.73 Å². The van der Waals surface area contributed by atoms with Gasteiger partial charge in [0, 0.05) is 23.9 Å². The zero-order valence-electron chi connectivity index (χ0n) is 11.6. The Labute approximate surface area is 130 Å². The van der Waals surface area contributed by atoms with Crippen molar-refractivity contribution in [3.05, 3.63) is 30.1 Å². The van der Waals surface area contributed by atoms with Crippen LogP contribution < -0.4 is 11.1 Å². The first-order valence-electron chi connectivity index (χ1n) is 6.48. The second kappa shape index (κ2) is 10.9. The summed E-state index contributed by atoms with van der Waals surface area (Å²) in [5.41, 5.74) is 5.58. The minimum absolute atomic E-state index is 0. The third-order valence-electron chi connectivity index (χ3n) is 2.55. The molecule has 0 saturated carbocycles. The Morgan fingerprint density at radius 2 is 2.05 bits per heavy atom. The Kier molecular flexibility index (Phi) is 10.5. The molecule has 0 spiro atoms. The number of nitrogens with two attached hydrogens (primary N) is 1. The highest BCUT2D eigenvalue weighted by Gasteiger charge is 2.02. The van der Waals surface area contributed by atoms with Crippen LogP contribution in [0.15, 0.2) is 29.2 Å². The second-order valence-corrected chi connectivity index (χ2v) is 5.69. The lowest BCUT2D eigenvalue weighted by Crippen LogP contribution is -2.26. The monoisotopic (exact) mass is 320 g/mol. The number of thioether (sulfide) groups is 1. The van der Waals surface area contributed by atoms with E-state index in [1.165, 1.54) is 12.1 Å². The molecule has 1 aromatic carbocycles. The fraction of sp³-hybridized carbons (Fsp3) is 0.500. The molecular weight excluding hydrogens is 299 g/mol. The first-order chi connectivity index (χ1) is 9.08. The van der Waals surface area contributed by atoms with Crippen LogP contribution in [0.4, 0.5) is 4.39 Å². The van der Waals surface area contributed by atoms with E-state index in [0.717, 1.165) is 23.5 Å². The molecule has 1 amide bonds. The van der Waals surface area contributed by atoms with Crippen LogP contribution in [-0.2, 0) is 4.79 Å². The van der Waals surface area contributed by atoms with Crippen LogP contribution in [0.2, 0.25) is 0 Å². The van der Waals surface area contributed by atoms with Crippen LogP contribution in [0.1, 0.15) is 26.2 Å². The molecule has 3 nitrogen and oxygen atoms in total. The van der Waals surface area contributed by atoms with E-state index in [9.17, 15) is 9.18 Å². The lowest BCUT2D eigenvalue weighted by Gasteiger charge is -2.06. The quantitative estimate of drug-likeness (QED) is 0.572. The zero-order chi connectivity index (χ0) is 14.1. The summed E-state index contributed by atoms with van der Waals surface area (Å²) < 4.78 is 12.7. The first-order valence-corrected chi connectivity index (χ1v) is 7.47. The van der Waals surface area contributed by atoms with E-state index in [1.54, 1.807) is 23.9 Å². The summed E-state index contributed by atoms with van der Waals surface area (Å²) in [7, 11) is 0. The zero-order valence-corrected chi connectivity index (χ0v) is 13.2.